The number of hydrogen-bond acceptors (Lipinski definition) is 5. The van der Waals surface area contributed by atoms with E-state index in [-0.39, 0.29) is 36.1 Å². The molecule has 0 saturated carbocycles. The van der Waals surface area contributed by atoms with Gasteiger partial charge in [0.05, 0.1) is 17.2 Å². The number of para-hydroxylation sites is 2. The fourth-order valence-corrected chi connectivity index (χ4v) is 6.44. The molecule has 2 amide bonds. The fraction of sp³-hybridized carbons (Fsp3) is 0.257. The van der Waals surface area contributed by atoms with Crippen LogP contribution in [-0.4, -0.2) is 50.9 Å². The van der Waals surface area contributed by atoms with Crippen LogP contribution in [0.3, 0.4) is 0 Å². The summed E-state index contributed by atoms with van der Waals surface area (Å²) in [5.41, 5.74) is 1.87. The number of nitrogens with zero attached hydrogens (tertiary/aromatic N) is 2. The molecule has 0 heterocycles. The van der Waals surface area contributed by atoms with Crippen LogP contribution in [0.25, 0.3) is 0 Å². The van der Waals surface area contributed by atoms with Gasteiger partial charge < -0.3 is 15.0 Å². The molecule has 4 rings (SSSR count). The Balaban J connectivity index is 1.82. The van der Waals surface area contributed by atoms with E-state index in [1.807, 2.05) is 67.6 Å². The van der Waals surface area contributed by atoms with E-state index >= 15 is 0 Å². The van der Waals surface area contributed by atoms with Crippen LogP contribution in [-0.2, 0) is 32.6 Å². The van der Waals surface area contributed by atoms with Crippen molar-refractivity contribution in [2.24, 2.45) is 0 Å². The fourth-order valence-electron chi connectivity index (χ4n) is 4.89. The first-order chi connectivity index (χ1) is 21.7. The Morgan fingerprint density at radius 2 is 1.42 bits per heavy atom. The van der Waals surface area contributed by atoms with Gasteiger partial charge in [-0.05, 0) is 60.9 Å². The maximum atomic E-state index is 14.5. The van der Waals surface area contributed by atoms with Crippen LogP contribution in [0, 0.1) is 0 Å². The van der Waals surface area contributed by atoms with E-state index < -0.39 is 28.5 Å². The lowest BCUT2D eigenvalue weighted by atomic mass is 10.0. The molecule has 0 aromatic heterocycles. The molecule has 45 heavy (non-hydrogen) atoms. The monoisotopic (exact) mass is 647 g/mol. The smallest absolute Gasteiger partial charge is 0.264 e. The summed E-state index contributed by atoms with van der Waals surface area (Å²) >= 11 is 6.07. The van der Waals surface area contributed by atoms with E-state index in [1.165, 1.54) is 29.2 Å². The summed E-state index contributed by atoms with van der Waals surface area (Å²) in [6, 6.07) is 30.3. The Labute approximate surface area is 270 Å². The van der Waals surface area contributed by atoms with Gasteiger partial charge in [0, 0.05) is 24.5 Å². The minimum atomic E-state index is -4.29. The average Bonchev–Trinajstić information content (AvgIpc) is 3.05. The molecule has 236 valence electrons. The zero-order valence-electron chi connectivity index (χ0n) is 25.4. The Morgan fingerprint density at radius 1 is 0.822 bits per heavy atom. The van der Waals surface area contributed by atoms with E-state index in [1.54, 1.807) is 31.2 Å². The summed E-state index contributed by atoms with van der Waals surface area (Å²) in [5, 5.41) is 3.33. The summed E-state index contributed by atoms with van der Waals surface area (Å²) in [6.45, 7) is 4.00. The number of sulfonamides is 1. The first-order valence-corrected chi connectivity index (χ1v) is 16.7. The van der Waals surface area contributed by atoms with Crippen molar-refractivity contribution in [3.8, 4) is 5.75 Å². The first kappa shape index (κ1) is 33.6. The van der Waals surface area contributed by atoms with Crippen molar-refractivity contribution in [2.45, 2.75) is 44.2 Å². The lowest BCUT2D eigenvalue weighted by molar-refractivity contribution is -0.140. The van der Waals surface area contributed by atoms with Crippen LogP contribution in [0.1, 0.15) is 31.4 Å². The van der Waals surface area contributed by atoms with Gasteiger partial charge in [-0.25, -0.2) is 8.42 Å². The van der Waals surface area contributed by atoms with E-state index in [2.05, 4.69) is 5.32 Å². The van der Waals surface area contributed by atoms with Crippen LogP contribution >= 0.6 is 11.6 Å². The molecule has 0 bridgehead atoms. The molecule has 0 fully saturated rings. The van der Waals surface area contributed by atoms with Crippen molar-refractivity contribution in [3.63, 3.8) is 0 Å². The second-order valence-electron chi connectivity index (χ2n) is 10.4. The molecule has 0 aliphatic heterocycles. The molecule has 0 saturated heterocycles. The van der Waals surface area contributed by atoms with Crippen LogP contribution in [0.2, 0.25) is 5.02 Å². The number of benzene rings is 4. The predicted octanol–water partition coefficient (Wildman–Crippen LogP) is 6.10. The van der Waals surface area contributed by atoms with Crippen LogP contribution in [0.15, 0.2) is 114 Å². The number of amides is 2. The third kappa shape index (κ3) is 8.86. The summed E-state index contributed by atoms with van der Waals surface area (Å²) in [5.74, 6) is -0.552. The standard InChI is InChI=1S/C35H38ClN3O5S/c1-3-23-37-35(41)32(24-27-13-7-5-8-14-27)38(25-28-15-9-6-10-16-28)34(40)26-39(31-17-11-12-18-33(31)44-4-2)45(42,43)30-21-19-29(36)20-22-30/h5-22,32H,3-4,23-26H2,1-2H3,(H,37,41)/t32-/m1/s1. The third-order valence-electron chi connectivity index (χ3n) is 7.13. The van der Waals surface area contributed by atoms with E-state index in [0.29, 0.717) is 17.3 Å². The van der Waals surface area contributed by atoms with Gasteiger partial charge in [0.25, 0.3) is 10.0 Å². The zero-order chi connectivity index (χ0) is 32.2. The largest absolute Gasteiger partial charge is 0.492 e. The van der Waals surface area contributed by atoms with Crippen molar-refractivity contribution >= 4 is 39.1 Å². The number of hydrogen-bond donors (Lipinski definition) is 1. The number of anilines is 1. The molecular formula is C35H38ClN3O5S. The van der Waals surface area contributed by atoms with Crippen molar-refractivity contribution in [1.29, 1.82) is 0 Å². The van der Waals surface area contributed by atoms with Gasteiger partial charge in [-0.15, -0.1) is 0 Å². The van der Waals surface area contributed by atoms with Crippen LogP contribution in [0.5, 0.6) is 5.75 Å². The van der Waals surface area contributed by atoms with Gasteiger partial charge in [-0.2, -0.15) is 0 Å². The number of rotatable bonds is 15. The van der Waals surface area contributed by atoms with E-state index in [9.17, 15) is 18.0 Å². The molecule has 8 nitrogen and oxygen atoms in total. The minimum absolute atomic E-state index is 0.0397. The molecule has 0 radical (unpaired) electrons. The highest BCUT2D eigenvalue weighted by atomic mass is 35.5. The number of ether oxygens (including phenoxy) is 1. The molecule has 10 heteroatoms. The van der Waals surface area contributed by atoms with Crippen molar-refractivity contribution in [3.05, 3.63) is 125 Å². The molecule has 0 aliphatic carbocycles. The molecule has 1 N–H and O–H groups in total. The average molecular weight is 648 g/mol. The first-order valence-electron chi connectivity index (χ1n) is 14.9. The number of carbonyl (C=O) groups is 2. The van der Waals surface area contributed by atoms with E-state index in [4.69, 9.17) is 16.3 Å². The molecule has 4 aromatic carbocycles. The van der Waals surface area contributed by atoms with Crippen molar-refractivity contribution in [1.82, 2.24) is 10.2 Å². The predicted molar refractivity (Wildman–Crippen MR) is 178 cm³/mol. The Kier molecular flexibility index (Phi) is 12.0. The third-order valence-corrected chi connectivity index (χ3v) is 9.16. The van der Waals surface area contributed by atoms with E-state index in [0.717, 1.165) is 21.9 Å². The minimum Gasteiger partial charge on any atom is -0.492 e. The van der Waals surface area contributed by atoms with Crippen molar-refractivity contribution < 1.29 is 22.7 Å². The lowest BCUT2D eigenvalue weighted by Crippen LogP contribution is -2.53. The zero-order valence-corrected chi connectivity index (χ0v) is 27.0. The molecule has 0 spiro atoms. The number of carbonyl (C=O) groups excluding carboxylic acids is 2. The van der Waals surface area contributed by atoms with Crippen LogP contribution < -0.4 is 14.4 Å². The van der Waals surface area contributed by atoms with Gasteiger partial charge in [-0.1, -0.05) is 91.3 Å². The summed E-state index contributed by atoms with van der Waals surface area (Å²) in [6.07, 6.45) is 0.964. The maximum Gasteiger partial charge on any atom is 0.264 e. The molecule has 0 aliphatic rings. The highest BCUT2D eigenvalue weighted by Crippen LogP contribution is 2.33. The van der Waals surface area contributed by atoms with Gasteiger partial charge in [0.1, 0.15) is 18.3 Å². The molecular weight excluding hydrogens is 610 g/mol. The number of nitrogens with one attached hydrogen (secondary N) is 1. The molecule has 4 aromatic rings. The van der Waals surface area contributed by atoms with Gasteiger partial charge in [0.2, 0.25) is 11.8 Å². The van der Waals surface area contributed by atoms with Gasteiger partial charge >= 0.3 is 0 Å². The topological polar surface area (TPSA) is 96.0 Å². The van der Waals surface area contributed by atoms with Gasteiger partial charge in [0.15, 0.2) is 0 Å². The Hall–Kier alpha value is -4.34. The van der Waals surface area contributed by atoms with Crippen LogP contribution in [0.4, 0.5) is 5.69 Å². The lowest BCUT2D eigenvalue weighted by Gasteiger charge is -2.34. The maximum absolute atomic E-state index is 14.5. The van der Waals surface area contributed by atoms with Gasteiger partial charge in [-0.3, -0.25) is 13.9 Å². The summed E-state index contributed by atoms with van der Waals surface area (Å²) in [4.78, 5) is 29.7. The number of halogens is 1. The molecule has 1 atom stereocenters. The SMILES string of the molecule is CCCNC(=O)[C@@H](Cc1ccccc1)N(Cc1ccccc1)C(=O)CN(c1ccccc1OCC)S(=O)(=O)c1ccc(Cl)cc1. The second kappa shape index (κ2) is 16.1. The Morgan fingerprint density at radius 3 is 2.04 bits per heavy atom. The highest BCUT2D eigenvalue weighted by Gasteiger charge is 2.35. The second-order valence-corrected chi connectivity index (χ2v) is 12.7. The summed E-state index contributed by atoms with van der Waals surface area (Å²) in [7, 11) is -4.29. The molecule has 0 unspecified atom stereocenters. The normalized spacial score (nSPS) is 11.8. The summed E-state index contributed by atoms with van der Waals surface area (Å²) < 4.78 is 35.3. The Bertz CT molecular complexity index is 1650. The quantitative estimate of drug-likeness (QED) is 0.168. The van der Waals surface area contributed by atoms with Crippen molar-refractivity contribution in [2.75, 3.05) is 24.0 Å². The highest BCUT2D eigenvalue weighted by molar-refractivity contribution is 7.92.